The molecular formula is C18H22N2O5. The lowest BCUT2D eigenvalue weighted by atomic mass is 10.1. The Hall–Kier alpha value is -2.57. The Bertz CT molecular complexity index is 673. The van der Waals surface area contributed by atoms with Crippen molar-refractivity contribution in [2.45, 2.75) is 31.8 Å². The van der Waals surface area contributed by atoms with Crippen molar-refractivity contribution >= 4 is 17.8 Å². The molecule has 3 rings (SSSR count). The van der Waals surface area contributed by atoms with E-state index >= 15 is 0 Å². The number of amides is 2. The maximum atomic E-state index is 12.7. The molecule has 2 amide bonds. The fourth-order valence-corrected chi connectivity index (χ4v) is 3.56. The molecule has 2 atom stereocenters. The molecule has 2 aliphatic rings. The lowest BCUT2D eigenvalue weighted by molar-refractivity contribution is -0.149. The van der Waals surface area contributed by atoms with Gasteiger partial charge in [0.1, 0.15) is 11.8 Å². The maximum absolute atomic E-state index is 12.7. The fourth-order valence-electron chi connectivity index (χ4n) is 3.56. The second-order valence-electron chi connectivity index (χ2n) is 6.55. The van der Waals surface area contributed by atoms with Gasteiger partial charge in [-0.2, -0.15) is 0 Å². The summed E-state index contributed by atoms with van der Waals surface area (Å²) in [5.41, 5.74) is 0.965. The Labute approximate surface area is 146 Å². The van der Waals surface area contributed by atoms with E-state index in [9.17, 15) is 19.5 Å². The van der Waals surface area contributed by atoms with Gasteiger partial charge in [0.05, 0.1) is 13.0 Å². The lowest BCUT2D eigenvalue weighted by Gasteiger charge is -2.24. The zero-order chi connectivity index (χ0) is 18.0. The topological polar surface area (TPSA) is 87.2 Å². The predicted molar refractivity (Wildman–Crippen MR) is 88.9 cm³/mol. The molecule has 134 valence electrons. The van der Waals surface area contributed by atoms with Crippen molar-refractivity contribution in [3.05, 3.63) is 29.8 Å². The van der Waals surface area contributed by atoms with Gasteiger partial charge in [0.2, 0.25) is 11.8 Å². The molecule has 1 N–H and O–H groups in total. The zero-order valence-electron chi connectivity index (χ0n) is 14.2. The van der Waals surface area contributed by atoms with Crippen LogP contribution in [0.4, 0.5) is 0 Å². The van der Waals surface area contributed by atoms with Crippen LogP contribution in [0.15, 0.2) is 24.3 Å². The standard InChI is InChI=1S/C18H22N2O5/c1-25-14-6-4-12(5-7-14)10-19-11-13(9-16(19)21)17(22)20-8-2-3-15(20)18(23)24/h4-7,13,15H,2-3,8-11H2,1H3,(H,23,24). The van der Waals surface area contributed by atoms with Gasteiger partial charge >= 0.3 is 5.97 Å². The smallest absolute Gasteiger partial charge is 0.326 e. The zero-order valence-corrected chi connectivity index (χ0v) is 14.2. The molecule has 0 saturated carbocycles. The van der Waals surface area contributed by atoms with Crippen LogP contribution in [-0.2, 0) is 20.9 Å². The highest BCUT2D eigenvalue weighted by Crippen LogP contribution is 2.26. The summed E-state index contributed by atoms with van der Waals surface area (Å²) < 4.78 is 5.12. The Morgan fingerprint density at radius 1 is 1.28 bits per heavy atom. The molecule has 2 unspecified atom stereocenters. The van der Waals surface area contributed by atoms with Crippen molar-refractivity contribution in [1.82, 2.24) is 9.80 Å². The Balaban J connectivity index is 1.63. The van der Waals surface area contributed by atoms with Crippen LogP contribution in [0.25, 0.3) is 0 Å². The first-order chi connectivity index (χ1) is 12.0. The molecule has 0 aromatic heterocycles. The molecule has 0 aliphatic carbocycles. The monoisotopic (exact) mass is 346 g/mol. The van der Waals surface area contributed by atoms with Crippen LogP contribution >= 0.6 is 0 Å². The number of likely N-dealkylation sites (tertiary alicyclic amines) is 2. The van der Waals surface area contributed by atoms with Crippen LogP contribution < -0.4 is 4.74 Å². The van der Waals surface area contributed by atoms with Crippen LogP contribution in [0.1, 0.15) is 24.8 Å². The molecule has 25 heavy (non-hydrogen) atoms. The first-order valence-corrected chi connectivity index (χ1v) is 8.43. The number of hydrogen-bond donors (Lipinski definition) is 1. The number of aliphatic carboxylic acids is 1. The number of benzene rings is 1. The Kier molecular flexibility index (Phi) is 4.92. The normalized spacial score (nSPS) is 23.2. The number of ether oxygens (including phenoxy) is 1. The summed E-state index contributed by atoms with van der Waals surface area (Å²) in [6.45, 7) is 1.24. The summed E-state index contributed by atoms with van der Waals surface area (Å²) >= 11 is 0. The van der Waals surface area contributed by atoms with E-state index in [4.69, 9.17) is 4.74 Å². The van der Waals surface area contributed by atoms with E-state index in [0.29, 0.717) is 32.5 Å². The predicted octanol–water partition coefficient (Wildman–Crippen LogP) is 1.12. The minimum atomic E-state index is -0.967. The van der Waals surface area contributed by atoms with Crippen LogP contribution in [0, 0.1) is 5.92 Å². The van der Waals surface area contributed by atoms with E-state index in [-0.39, 0.29) is 18.2 Å². The van der Waals surface area contributed by atoms with Crippen LogP contribution in [0.5, 0.6) is 5.75 Å². The maximum Gasteiger partial charge on any atom is 0.326 e. The van der Waals surface area contributed by atoms with Gasteiger partial charge in [0, 0.05) is 26.1 Å². The van der Waals surface area contributed by atoms with Gasteiger partial charge in [-0.1, -0.05) is 12.1 Å². The number of carboxylic acids is 1. The number of hydrogen-bond acceptors (Lipinski definition) is 4. The van der Waals surface area contributed by atoms with E-state index in [1.165, 1.54) is 4.90 Å². The SMILES string of the molecule is COc1ccc(CN2CC(C(=O)N3CCCC3C(=O)O)CC2=O)cc1. The van der Waals surface area contributed by atoms with Gasteiger partial charge in [0.15, 0.2) is 0 Å². The number of carbonyl (C=O) groups excluding carboxylic acids is 2. The van der Waals surface area contributed by atoms with E-state index in [2.05, 4.69) is 0 Å². The van der Waals surface area contributed by atoms with Gasteiger partial charge in [0.25, 0.3) is 0 Å². The highest BCUT2D eigenvalue weighted by Gasteiger charge is 2.41. The van der Waals surface area contributed by atoms with Crippen LogP contribution in [-0.4, -0.2) is 58.9 Å². The second kappa shape index (κ2) is 7.13. The van der Waals surface area contributed by atoms with E-state index in [1.54, 1.807) is 12.0 Å². The average molecular weight is 346 g/mol. The van der Waals surface area contributed by atoms with Crippen LogP contribution in [0.2, 0.25) is 0 Å². The van der Waals surface area contributed by atoms with Crippen molar-refractivity contribution in [2.24, 2.45) is 5.92 Å². The largest absolute Gasteiger partial charge is 0.497 e. The van der Waals surface area contributed by atoms with Crippen molar-refractivity contribution in [3.8, 4) is 5.75 Å². The summed E-state index contributed by atoms with van der Waals surface area (Å²) in [7, 11) is 1.60. The number of rotatable bonds is 5. The molecule has 1 aromatic rings. The summed E-state index contributed by atoms with van der Waals surface area (Å²) in [4.78, 5) is 39.3. The highest BCUT2D eigenvalue weighted by molar-refractivity contribution is 5.91. The molecular weight excluding hydrogens is 324 g/mol. The number of nitrogens with zero attached hydrogens (tertiary/aromatic N) is 2. The first-order valence-electron chi connectivity index (χ1n) is 8.43. The summed E-state index contributed by atoms with van der Waals surface area (Å²) in [5, 5.41) is 9.24. The molecule has 1 aromatic carbocycles. The number of carbonyl (C=O) groups is 3. The molecule has 2 aliphatic heterocycles. The molecule has 7 heteroatoms. The fraction of sp³-hybridized carbons (Fsp3) is 0.500. The molecule has 0 spiro atoms. The van der Waals surface area contributed by atoms with E-state index in [0.717, 1.165) is 11.3 Å². The minimum Gasteiger partial charge on any atom is -0.497 e. The molecule has 2 saturated heterocycles. The van der Waals surface area contributed by atoms with Gasteiger partial charge < -0.3 is 19.6 Å². The molecule has 2 heterocycles. The number of carboxylic acid groups (broad SMARTS) is 1. The first kappa shape index (κ1) is 17.3. The van der Waals surface area contributed by atoms with E-state index < -0.39 is 17.9 Å². The van der Waals surface area contributed by atoms with Crippen molar-refractivity contribution in [3.63, 3.8) is 0 Å². The van der Waals surface area contributed by atoms with E-state index in [1.807, 2.05) is 24.3 Å². The summed E-state index contributed by atoms with van der Waals surface area (Å²) in [5.74, 6) is -0.954. The molecule has 2 fully saturated rings. The number of methoxy groups -OCH3 is 1. The van der Waals surface area contributed by atoms with Crippen molar-refractivity contribution in [2.75, 3.05) is 20.2 Å². The highest BCUT2D eigenvalue weighted by atomic mass is 16.5. The third-order valence-corrected chi connectivity index (χ3v) is 4.92. The third kappa shape index (κ3) is 3.60. The Morgan fingerprint density at radius 3 is 2.64 bits per heavy atom. The van der Waals surface area contributed by atoms with Gasteiger partial charge in [-0.25, -0.2) is 4.79 Å². The van der Waals surface area contributed by atoms with Crippen LogP contribution in [0.3, 0.4) is 0 Å². The quantitative estimate of drug-likeness (QED) is 0.863. The van der Waals surface area contributed by atoms with Crippen molar-refractivity contribution in [1.29, 1.82) is 0 Å². The van der Waals surface area contributed by atoms with Crippen molar-refractivity contribution < 1.29 is 24.2 Å². The second-order valence-corrected chi connectivity index (χ2v) is 6.55. The molecule has 0 bridgehead atoms. The summed E-state index contributed by atoms with van der Waals surface area (Å²) in [6.07, 6.45) is 1.33. The lowest BCUT2D eigenvalue weighted by Crippen LogP contribution is -2.44. The molecule has 7 nitrogen and oxygen atoms in total. The Morgan fingerprint density at radius 2 is 2.00 bits per heavy atom. The van der Waals surface area contributed by atoms with Gasteiger partial charge in [-0.3, -0.25) is 9.59 Å². The third-order valence-electron chi connectivity index (χ3n) is 4.92. The minimum absolute atomic E-state index is 0.0692. The van der Waals surface area contributed by atoms with Gasteiger partial charge in [-0.05, 0) is 30.5 Å². The van der Waals surface area contributed by atoms with Gasteiger partial charge in [-0.15, -0.1) is 0 Å². The average Bonchev–Trinajstić information content (AvgIpc) is 3.22. The molecule has 0 radical (unpaired) electrons. The summed E-state index contributed by atoms with van der Waals surface area (Å²) in [6, 6.07) is 6.70.